The Morgan fingerprint density at radius 2 is 1.88 bits per heavy atom. The molecule has 0 spiro atoms. The largest absolute Gasteiger partial charge is 0.484 e. The van der Waals surface area contributed by atoms with Gasteiger partial charge in [0.25, 0.3) is 5.91 Å². The number of carbonyl (C=O) groups is 2. The third-order valence-corrected chi connectivity index (χ3v) is 3.13. The van der Waals surface area contributed by atoms with Crippen LogP contribution >= 0.6 is 12.2 Å². The average Bonchev–Trinajstić information content (AvgIpc) is 2.59. The van der Waals surface area contributed by atoms with Crippen LogP contribution in [0, 0.1) is 0 Å². The van der Waals surface area contributed by atoms with Gasteiger partial charge >= 0.3 is 5.97 Å². The van der Waals surface area contributed by atoms with Crippen molar-refractivity contribution in [2.45, 2.75) is 0 Å². The van der Waals surface area contributed by atoms with Gasteiger partial charge in [-0.25, -0.2) is 4.79 Å². The Hall–Kier alpha value is -3.19. The fourth-order valence-electron chi connectivity index (χ4n) is 1.88. The fourth-order valence-corrected chi connectivity index (χ4v) is 2.11. The molecular formula is C18H16N2O4S. The van der Waals surface area contributed by atoms with Crippen LogP contribution in [-0.2, 0) is 9.59 Å². The number of ether oxygens (including phenoxy) is 1. The van der Waals surface area contributed by atoms with Gasteiger partial charge in [0.1, 0.15) is 5.75 Å². The number of thiocarbonyl (C=S) groups is 1. The van der Waals surface area contributed by atoms with Gasteiger partial charge in [-0.15, -0.1) is 0 Å². The van der Waals surface area contributed by atoms with E-state index in [0.717, 1.165) is 6.08 Å². The van der Waals surface area contributed by atoms with Gasteiger partial charge in [-0.1, -0.05) is 30.3 Å². The van der Waals surface area contributed by atoms with Crippen molar-refractivity contribution in [3.05, 3.63) is 66.2 Å². The van der Waals surface area contributed by atoms with Gasteiger partial charge in [-0.05, 0) is 48.1 Å². The highest BCUT2D eigenvalue weighted by molar-refractivity contribution is 7.80. The Morgan fingerprint density at radius 3 is 2.60 bits per heavy atom. The fraction of sp³-hybridized carbons (Fsp3) is 0.0556. The lowest BCUT2D eigenvalue weighted by molar-refractivity contribution is -0.131. The van der Waals surface area contributed by atoms with Crippen LogP contribution in [0.4, 0.5) is 5.69 Å². The van der Waals surface area contributed by atoms with Crippen molar-refractivity contribution in [1.29, 1.82) is 0 Å². The molecule has 3 N–H and O–H groups in total. The van der Waals surface area contributed by atoms with E-state index >= 15 is 0 Å². The Labute approximate surface area is 150 Å². The lowest BCUT2D eigenvalue weighted by Crippen LogP contribution is -2.37. The zero-order chi connectivity index (χ0) is 18.1. The summed E-state index contributed by atoms with van der Waals surface area (Å²) >= 11 is 5.08. The van der Waals surface area contributed by atoms with E-state index in [4.69, 9.17) is 22.1 Å². The topological polar surface area (TPSA) is 87.7 Å². The number of benzene rings is 2. The summed E-state index contributed by atoms with van der Waals surface area (Å²) in [5.74, 6) is -0.822. The summed E-state index contributed by atoms with van der Waals surface area (Å²) in [5.41, 5.74) is 1.32. The molecule has 1 amide bonds. The Morgan fingerprint density at radius 1 is 1.12 bits per heavy atom. The summed E-state index contributed by atoms with van der Waals surface area (Å²) in [4.78, 5) is 22.4. The predicted molar refractivity (Wildman–Crippen MR) is 99.4 cm³/mol. The number of hydrogen-bond donors (Lipinski definition) is 3. The van der Waals surface area contributed by atoms with Crippen molar-refractivity contribution in [2.75, 3.05) is 11.9 Å². The van der Waals surface area contributed by atoms with Gasteiger partial charge in [0, 0.05) is 11.8 Å². The SMILES string of the molecule is O=C(O)/C=C/c1cccc(NC(=S)NC(=O)COc2ccccc2)c1. The first-order valence-electron chi connectivity index (χ1n) is 7.33. The monoisotopic (exact) mass is 356 g/mol. The standard InChI is InChI=1S/C18H16N2O4S/c21-16(12-24-15-7-2-1-3-8-15)20-18(25)19-14-6-4-5-13(11-14)9-10-17(22)23/h1-11H,12H2,(H,22,23)(H2,19,20,21,25)/b10-9+. The van der Waals surface area contributed by atoms with E-state index in [9.17, 15) is 9.59 Å². The first-order chi connectivity index (χ1) is 12.0. The maximum atomic E-state index is 11.8. The van der Waals surface area contributed by atoms with Crippen LogP contribution < -0.4 is 15.4 Å². The maximum absolute atomic E-state index is 11.8. The summed E-state index contributed by atoms with van der Waals surface area (Å²) in [6, 6.07) is 15.9. The van der Waals surface area contributed by atoms with Gasteiger partial charge in [0.2, 0.25) is 0 Å². The Balaban J connectivity index is 1.84. The molecule has 6 nitrogen and oxygen atoms in total. The molecule has 0 aliphatic heterocycles. The van der Waals surface area contributed by atoms with Crippen LogP contribution in [0.25, 0.3) is 6.08 Å². The van der Waals surface area contributed by atoms with Crippen molar-refractivity contribution >= 4 is 41.0 Å². The van der Waals surface area contributed by atoms with E-state index in [-0.39, 0.29) is 17.6 Å². The summed E-state index contributed by atoms with van der Waals surface area (Å²) in [6.45, 7) is -0.160. The highest BCUT2D eigenvalue weighted by Gasteiger charge is 2.06. The van der Waals surface area contributed by atoms with Crippen LogP contribution in [0.3, 0.4) is 0 Å². The second-order valence-electron chi connectivity index (χ2n) is 4.90. The number of rotatable bonds is 6. The maximum Gasteiger partial charge on any atom is 0.328 e. The van der Waals surface area contributed by atoms with E-state index in [1.165, 1.54) is 6.08 Å². The number of amides is 1. The predicted octanol–water partition coefficient (Wildman–Crippen LogP) is 2.68. The third kappa shape index (κ3) is 6.84. The normalized spacial score (nSPS) is 10.2. The highest BCUT2D eigenvalue weighted by Crippen LogP contribution is 2.12. The van der Waals surface area contributed by atoms with Gasteiger partial charge in [0.05, 0.1) is 0 Å². The number of carboxylic acids is 1. The molecule has 0 aromatic heterocycles. The third-order valence-electron chi connectivity index (χ3n) is 2.93. The molecule has 2 rings (SSSR count). The van der Waals surface area contributed by atoms with E-state index in [1.54, 1.807) is 36.4 Å². The highest BCUT2D eigenvalue weighted by atomic mass is 32.1. The number of anilines is 1. The lowest BCUT2D eigenvalue weighted by atomic mass is 10.2. The number of carboxylic acid groups (broad SMARTS) is 1. The molecular weight excluding hydrogens is 340 g/mol. The first-order valence-corrected chi connectivity index (χ1v) is 7.73. The van der Waals surface area contributed by atoms with Crippen LogP contribution in [-0.4, -0.2) is 28.7 Å². The number of hydrogen-bond acceptors (Lipinski definition) is 4. The summed E-state index contributed by atoms with van der Waals surface area (Å²) in [6.07, 6.45) is 2.50. The number of para-hydroxylation sites is 1. The molecule has 25 heavy (non-hydrogen) atoms. The molecule has 0 aliphatic carbocycles. The Bertz CT molecular complexity index is 791. The summed E-state index contributed by atoms with van der Waals surface area (Å²) < 4.78 is 5.33. The molecule has 0 saturated heterocycles. The molecule has 2 aromatic carbocycles. The number of nitrogens with one attached hydrogen (secondary N) is 2. The van der Waals surface area contributed by atoms with Gasteiger partial charge in [0.15, 0.2) is 11.7 Å². The molecule has 0 saturated carbocycles. The minimum absolute atomic E-state index is 0.126. The van der Waals surface area contributed by atoms with Crippen LogP contribution in [0.1, 0.15) is 5.56 Å². The van der Waals surface area contributed by atoms with Crippen molar-refractivity contribution in [3.8, 4) is 5.75 Å². The Kier molecular flexibility index (Phi) is 6.67. The van der Waals surface area contributed by atoms with Crippen molar-refractivity contribution < 1.29 is 19.4 Å². The average molecular weight is 356 g/mol. The molecule has 0 aliphatic rings. The molecule has 0 heterocycles. The smallest absolute Gasteiger partial charge is 0.328 e. The first kappa shape index (κ1) is 18.2. The van der Waals surface area contributed by atoms with E-state index < -0.39 is 5.97 Å². The van der Waals surface area contributed by atoms with E-state index in [0.29, 0.717) is 17.0 Å². The molecule has 0 fully saturated rings. The van der Waals surface area contributed by atoms with Gasteiger partial charge < -0.3 is 15.2 Å². The molecule has 0 atom stereocenters. The van der Waals surface area contributed by atoms with Crippen LogP contribution in [0.5, 0.6) is 5.75 Å². The van der Waals surface area contributed by atoms with Gasteiger partial charge in [-0.2, -0.15) is 0 Å². The van der Waals surface area contributed by atoms with Crippen molar-refractivity contribution in [1.82, 2.24) is 5.32 Å². The molecule has 2 aromatic rings. The lowest BCUT2D eigenvalue weighted by Gasteiger charge is -2.10. The summed E-state index contributed by atoms with van der Waals surface area (Å²) in [5, 5.41) is 14.1. The quantitative estimate of drug-likeness (QED) is 0.545. The molecule has 7 heteroatoms. The molecule has 0 radical (unpaired) electrons. The zero-order valence-electron chi connectivity index (χ0n) is 13.1. The van der Waals surface area contributed by atoms with Gasteiger partial charge in [-0.3, -0.25) is 10.1 Å². The second kappa shape index (κ2) is 9.19. The number of aliphatic carboxylic acids is 1. The van der Waals surface area contributed by atoms with Crippen LogP contribution in [0.15, 0.2) is 60.7 Å². The zero-order valence-corrected chi connectivity index (χ0v) is 14.0. The minimum Gasteiger partial charge on any atom is -0.484 e. The minimum atomic E-state index is -1.03. The number of carbonyl (C=O) groups excluding carboxylic acids is 1. The molecule has 128 valence electrons. The second-order valence-corrected chi connectivity index (χ2v) is 5.31. The van der Waals surface area contributed by atoms with Crippen molar-refractivity contribution in [3.63, 3.8) is 0 Å². The van der Waals surface area contributed by atoms with Crippen molar-refractivity contribution in [2.24, 2.45) is 0 Å². The van der Waals surface area contributed by atoms with E-state index in [2.05, 4.69) is 10.6 Å². The summed E-state index contributed by atoms with van der Waals surface area (Å²) in [7, 11) is 0. The molecule has 0 bridgehead atoms. The van der Waals surface area contributed by atoms with Crippen LogP contribution in [0.2, 0.25) is 0 Å². The molecule has 0 unspecified atom stereocenters. The van der Waals surface area contributed by atoms with E-state index in [1.807, 2.05) is 18.2 Å².